The average Bonchev–Trinajstić information content (AvgIpc) is 3.24. The van der Waals surface area contributed by atoms with Crippen molar-refractivity contribution in [3.8, 4) is 0 Å². The van der Waals surface area contributed by atoms with Crippen LogP contribution < -0.4 is 5.32 Å². The Morgan fingerprint density at radius 1 is 1.32 bits per heavy atom. The van der Waals surface area contributed by atoms with Gasteiger partial charge in [0.15, 0.2) is 5.82 Å². The molecule has 1 atom stereocenters. The Kier molecular flexibility index (Phi) is 4.10. The number of nitrogens with one attached hydrogen (secondary N) is 1. The van der Waals surface area contributed by atoms with Crippen molar-refractivity contribution in [1.29, 1.82) is 0 Å². The number of aryl methyl sites for hydroxylation is 1. The second-order valence-electron chi connectivity index (χ2n) is 7.82. The third-order valence-electron chi connectivity index (χ3n) is 5.43. The number of carbonyl (C=O) groups is 1. The van der Waals surface area contributed by atoms with E-state index in [1.165, 1.54) is 5.56 Å². The minimum absolute atomic E-state index is 0.00509. The zero-order valence-corrected chi connectivity index (χ0v) is 15.0. The number of hydrogen-bond acceptors (Lipinski definition) is 3. The molecule has 1 aliphatic heterocycles. The van der Waals surface area contributed by atoms with Gasteiger partial charge in [-0.3, -0.25) is 4.79 Å². The van der Waals surface area contributed by atoms with Gasteiger partial charge in [-0.2, -0.15) is 5.10 Å². The van der Waals surface area contributed by atoms with E-state index >= 15 is 0 Å². The van der Waals surface area contributed by atoms with Crippen molar-refractivity contribution in [3.05, 3.63) is 47.5 Å². The molecular weight excluding hydrogens is 312 g/mol. The summed E-state index contributed by atoms with van der Waals surface area (Å²) in [7, 11) is 0. The minimum atomic E-state index is -0.218. The van der Waals surface area contributed by atoms with Gasteiger partial charge in [-0.25, -0.2) is 9.67 Å². The van der Waals surface area contributed by atoms with Crippen molar-refractivity contribution in [2.45, 2.75) is 64.5 Å². The van der Waals surface area contributed by atoms with E-state index in [1.807, 2.05) is 22.9 Å². The van der Waals surface area contributed by atoms with Crippen LogP contribution in [0.2, 0.25) is 0 Å². The highest BCUT2D eigenvalue weighted by molar-refractivity contribution is 5.86. The average molecular weight is 338 g/mol. The first-order chi connectivity index (χ1) is 12.1. The highest BCUT2D eigenvalue weighted by atomic mass is 16.2. The van der Waals surface area contributed by atoms with Crippen LogP contribution in [0.4, 0.5) is 0 Å². The highest BCUT2D eigenvalue weighted by Crippen LogP contribution is 2.49. The van der Waals surface area contributed by atoms with Crippen LogP contribution in [-0.4, -0.2) is 20.7 Å². The van der Waals surface area contributed by atoms with E-state index in [0.29, 0.717) is 5.92 Å². The molecule has 0 bridgehead atoms. The Bertz CT molecular complexity index is 761. The molecule has 1 N–H and O–H groups in total. The van der Waals surface area contributed by atoms with Gasteiger partial charge in [0.2, 0.25) is 5.91 Å². The summed E-state index contributed by atoms with van der Waals surface area (Å²) in [6.45, 7) is 5.11. The molecule has 25 heavy (non-hydrogen) atoms. The molecule has 5 nitrogen and oxygen atoms in total. The van der Waals surface area contributed by atoms with Gasteiger partial charge in [-0.1, -0.05) is 44.2 Å². The summed E-state index contributed by atoms with van der Waals surface area (Å²) in [5, 5.41) is 7.90. The van der Waals surface area contributed by atoms with E-state index in [1.54, 1.807) is 0 Å². The Hall–Kier alpha value is -2.17. The van der Waals surface area contributed by atoms with Gasteiger partial charge in [0.25, 0.3) is 0 Å². The van der Waals surface area contributed by atoms with Crippen molar-refractivity contribution in [1.82, 2.24) is 20.1 Å². The lowest BCUT2D eigenvalue weighted by molar-refractivity contribution is -0.127. The summed E-state index contributed by atoms with van der Waals surface area (Å²) in [5.41, 5.74) is 1.02. The van der Waals surface area contributed by atoms with Gasteiger partial charge in [-0.05, 0) is 37.7 Å². The normalized spacial score (nSPS) is 21.0. The monoisotopic (exact) mass is 338 g/mol. The zero-order chi connectivity index (χ0) is 17.4. The molecule has 2 aliphatic rings. The van der Waals surface area contributed by atoms with Crippen LogP contribution >= 0.6 is 0 Å². The lowest BCUT2D eigenvalue weighted by atomic mass is 9.94. The Morgan fingerprint density at radius 2 is 2.08 bits per heavy atom. The summed E-state index contributed by atoms with van der Waals surface area (Å²) in [6, 6.07) is 10.3. The number of rotatable bonds is 5. The van der Waals surface area contributed by atoms with Crippen molar-refractivity contribution in [2.24, 2.45) is 5.41 Å². The quantitative estimate of drug-likeness (QED) is 0.909. The number of nitrogens with zero attached hydrogens (tertiary/aromatic N) is 3. The van der Waals surface area contributed by atoms with Crippen LogP contribution in [0.25, 0.3) is 0 Å². The predicted octanol–water partition coefficient (Wildman–Crippen LogP) is 3.38. The first kappa shape index (κ1) is 16.3. The molecular formula is C20H26N4O. The maximum absolute atomic E-state index is 13.0. The largest absolute Gasteiger partial charge is 0.346 e. The Labute approximate surface area is 148 Å². The van der Waals surface area contributed by atoms with Gasteiger partial charge < -0.3 is 5.32 Å². The number of amides is 1. The maximum Gasteiger partial charge on any atom is 0.227 e. The maximum atomic E-state index is 13.0. The SMILES string of the molecule is CC(C)c1nc2n(n1)CCCC2NC(=O)C1(Cc2ccccc2)CC1. The zero-order valence-electron chi connectivity index (χ0n) is 15.0. The van der Waals surface area contributed by atoms with Crippen molar-refractivity contribution in [2.75, 3.05) is 0 Å². The molecule has 1 aliphatic carbocycles. The standard InChI is InChI=1S/C20H26N4O/c1-14(2)17-22-18-16(9-6-12-24(18)23-17)21-19(25)20(10-11-20)13-15-7-4-3-5-8-15/h3-5,7-8,14,16H,6,9-13H2,1-2H3,(H,21,25). The van der Waals surface area contributed by atoms with Gasteiger partial charge in [-0.15, -0.1) is 0 Å². The summed E-state index contributed by atoms with van der Waals surface area (Å²) in [4.78, 5) is 17.7. The van der Waals surface area contributed by atoms with Crippen LogP contribution in [0.5, 0.6) is 0 Å². The Morgan fingerprint density at radius 3 is 2.76 bits per heavy atom. The molecule has 2 heterocycles. The van der Waals surface area contributed by atoms with E-state index < -0.39 is 0 Å². The molecule has 0 saturated heterocycles. The first-order valence-electron chi connectivity index (χ1n) is 9.37. The van der Waals surface area contributed by atoms with Gasteiger partial charge >= 0.3 is 0 Å². The Balaban J connectivity index is 1.49. The fourth-order valence-corrected chi connectivity index (χ4v) is 3.68. The number of carbonyl (C=O) groups excluding carboxylic acids is 1. The number of fused-ring (bicyclic) bond motifs is 1. The van der Waals surface area contributed by atoms with Crippen LogP contribution in [-0.2, 0) is 17.8 Å². The molecule has 1 saturated carbocycles. The molecule has 132 valence electrons. The van der Waals surface area contributed by atoms with Crippen LogP contribution in [0.3, 0.4) is 0 Å². The molecule has 1 unspecified atom stereocenters. The third-order valence-corrected chi connectivity index (χ3v) is 5.43. The predicted molar refractivity (Wildman–Crippen MR) is 96.0 cm³/mol. The fraction of sp³-hybridized carbons (Fsp3) is 0.550. The molecule has 1 fully saturated rings. The van der Waals surface area contributed by atoms with Gasteiger partial charge in [0.1, 0.15) is 5.82 Å². The van der Waals surface area contributed by atoms with Gasteiger partial charge in [0, 0.05) is 12.5 Å². The second-order valence-corrected chi connectivity index (χ2v) is 7.82. The first-order valence-corrected chi connectivity index (χ1v) is 9.37. The smallest absolute Gasteiger partial charge is 0.227 e. The highest BCUT2D eigenvalue weighted by Gasteiger charge is 2.50. The van der Waals surface area contributed by atoms with E-state index in [2.05, 4.69) is 36.4 Å². The molecule has 2 aromatic rings. The van der Waals surface area contributed by atoms with Crippen LogP contribution in [0.15, 0.2) is 30.3 Å². The van der Waals surface area contributed by atoms with Crippen molar-refractivity contribution in [3.63, 3.8) is 0 Å². The number of hydrogen-bond donors (Lipinski definition) is 1. The second kappa shape index (κ2) is 6.28. The van der Waals surface area contributed by atoms with Gasteiger partial charge in [0.05, 0.1) is 11.5 Å². The topological polar surface area (TPSA) is 59.8 Å². The summed E-state index contributed by atoms with van der Waals surface area (Å²) < 4.78 is 1.99. The molecule has 0 radical (unpaired) electrons. The fourth-order valence-electron chi connectivity index (χ4n) is 3.68. The van der Waals surface area contributed by atoms with Crippen molar-refractivity contribution >= 4 is 5.91 Å². The molecule has 1 amide bonds. The summed E-state index contributed by atoms with van der Waals surface area (Å²) in [5.74, 6) is 2.30. The summed E-state index contributed by atoms with van der Waals surface area (Å²) >= 11 is 0. The minimum Gasteiger partial charge on any atom is -0.346 e. The van der Waals surface area contributed by atoms with Crippen LogP contribution in [0, 0.1) is 5.41 Å². The molecule has 1 aromatic carbocycles. The molecule has 0 spiro atoms. The molecule has 5 heteroatoms. The van der Waals surface area contributed by atoms with Crippen LogP contribution in [0.1, 0.15) is 68.7 Å². The summed E-state index contributed by atoms with van der Waals surface area (Å²) in [6.07, 6.45) is 4.76. The lowest BCUT2D eigenvalue weighted by Crippen LogP contribution is -2.38. The molecule has 1 aromatic heterocycles. The van der Waals surface area contributed by atoms with E-state index in [0.717, 1.165) is 50.3 Å². The van der Waals surface area contributed by atoms with Crippen molar-refractivity contribution < 1.29 is 4.79 Å². The molecule has 4 rings (SSSR count). The lowest BCUT2D eigenvalue weighted by Gasteiger charge is -2.25. The van der Waals surface area contributed by atoms with E-state index in [4.69, 9.17) is 4.98 Å². The third kappa shape index (κ3) is 3.20. The number of benzene rings is 1. The van der Waals surface area contributed by atoms with E-state index in [-0.39, 0.29) is 17.4 Å². The van der Waals surface area contributed by atoms with E-state index in [9.17, 15) is 4.79 Å². The number of aromatic nitrogens is 3.